The van der Waals surface area contributed by atoms with Crippen LogP contribution in [-0.2, 0) is 14.3 Å². The van der Waals surface area contributed by atoms with Gasteiger partial charge in [0.2, 0.25) is 0 Å². The summed E-state index contributed by atoms with van der Waals surface area (Å²) in [5.41, 5.74) is 0. The van der Waals surface area contributed by atoms with E-state index in [1.54, 1.807) is 0 Å². The van der Waals surface area contributed by atoms with Gasteiger partial charge in [-0.15, -0.1) is 0 Å². The molecule has 4 heteroatoms. The Labute approximate surface area is 72.4 Å². The van der Waals surface area contributed by atoms with Crippen molar-refractivity contribution in [3.05, 3.63) is 0 Å². The van der Waals surface area contributed by atoms with Crippen LogP contribution in [0.5, 0.6) is 0 Å². The number of hydrogen-bond acceptors (Lipinski definition) is 3. The van der Waals surface area contributed by atoms with Gasteiger partial charge in [0.25, 0.3) is 0 Å². The average molecular weight is 174 g/mol. The predicted molar refractivity (Wildman–Crippen MR) is 43.0 cm³/mol. The maximum atomic E-state index is 10.4. The molecule has 0 aromatic heterocycles. The number of morpholine rings is 1. The summed E-state index contributed by atoms with van der Waals surface area (Å²) in [5.74, 6) is -0.192. The Morgan fingerprint density at radius 2 is 2.17 bits per heavy atom. The lowest BCUT2D eigenvalue weighted by Gasteiger charge is -2.23. The van der Waals surface area contributed by atoms with Crippen molar-refractivity contribution >= 4 is 5.97 Å². The van der Waals surface area contributed by atoms with Crippen molar-refractivity contribution in [2.45, 2.75) is 6.92 Å². The molecule has 1 N–H and O–H groups in total. The molecule has 1 heterocycles. The zero-order chi connectivity index (χ0) is 8.81. The van der Waals surface area contributed by atoms with Crippen LogP contribution in [0, 0.1) is 0 Å². The molecule has 12 heavy (non-hydrogen) atoms. The summed E-state index contributed by atoms with van der Waals surface area (Å²) in [7, 11) is 0. The minimum atomic E-state index is -0.192. The van der Waals surface area contributed by atoms with E-state index in [9.17, 15) is 4.79 Å². The van der Waals surface area contributed by atoms with Crippen molar-refractivity contribution in [1.82, 2.24) is 0 Å². The van der Waals surface area contributed by atoms with Gasteiger partial charge in [-0.25, -0.2) is 0 Å². The summed E-state index contributed by atoms with van der Waals surface area (Å²) in [6.07, 6.45) is 0. The molecule has 0 bridgehead atoms. The lowest BCUT2D eigenvalue weighted by Crippen LogP contribution is -3.14. The van der Waals surface area contributed by atoms with Gasteiger partial charge in [-0.2, -0.15) is 0 Å². The van der Waals surface area contributed by atoms with E-state index in [0.717, 1.165) is 32.8 Å². The highest BCUT2D eigenvalue weighted by molar-refractivity contribution is 5.65. The Morgan fingerprint density at radius 1 is 1.50 bits per heavy atom. The van der Waals surface area contributed by atoms with Gasteiger partial charge in [0.15, 0.2) is 0 Å². The number of hydrogen-bond donors (Lipinski definition) is 1. The monoisotopic (exact) mass is 174 g/mol. The highest BCUT2D eigenvalue weighted by Gasteiger charge is 2.13. The van der Waals surface area contributed by atoms with Gasteiger partial charge in [0, 0.05) is 6.92 Å². The first-order chi connectivity index (χ1) is 5.79. The molecule has 4 nitrogen and oxygen atoms in total. The van der Waals surface area contributed by atoms with E-state index in [4.69, 9.17) is 9.47 Å². The fraction of sp³-hybridized carbons (Fsp3) is 0.875. The Morgan fingerprint density at radius 3 is 2.75 bits per heavy atom. The Hall–Kier alpha value is -0.610. The van der Waals surface area contributed by atoms with Gasteiger partial charge in [-0.05, 0) is 0 Å². The van der Waals surface area contributed by atoms with Gasteiger partial charge in [0.05, 0.1) is 13.2 Å². The minimum Gasteiger partial charge on any atom is -0.460 e. The zero-order valence-corrected chi connectivity index (χ0v) is 7.47. The molecule has 1 aliphatic rings. The zero-order valence-electron chi connectivity index (χ0n) is 7.47. The summed E-state index contributed by atoms with van der Waals surface area (Å²) in [4.78, 5) is 11.9. The first-order valence-electron chi connectivity index (χ1n) is 4.33. The van der Waals surface area contributed by atoms with Crippen molar-refractivity contribution in [3.63, 3.8) is 0 Å². The van der Waals surface area contributed by atoms with Gasteiger partial charge in [0.1, 0.15) is 26.2 Å². The number of ether oxygens (including phenoxy) is 2. The second-order valence-corrected chi connectivity index (χ2v) is 2.95. The van der Waals surface area contributed by atoms with Crippen molar-refractivity contribution in [2.24, 2.45) is 0 Å². The van der Waals surface area contributed by atoms with E-state index in [0.29, 0.717) is 6.61 Å². The Bertz CT molecular complexity index is 143. The smallest absolute Gasteiger partial charge is 0.302 e. The van der Waals surface area contributed by atoms with Crippen LogP contribution in [0.3, 0.4) is 0 Å². The molecular formula is C8H16NO3+. The quantitative estimate of drug-likeness (QED) is 0.527. The highest BCUT2D eigenvalue weighted by atomic mass is 16.5. The molecule has 0 saturated carbocycles. The summed E-state index contributed by atoms with van der Waals surface area (Å²) in [5, 5.41) is 0. The third kappa shape index (κ3) is 3.69. The predicted octanol–water partition coefficient (Wildman–Crippen LogP) is -1.54. The fourth-order valence-corrected chi connectivity index (χ4v) is 1.25. The van der Waals surface area contributed by atoms with Crippen molar-refractivity contribution in [2.75, 3.05) is 39.5 Å². The molecule has 0 amide bonds. The number of quaternary nitrogens is 1. The van der Waals surface area contributed by atoms with E-state index in [1.165, 1.54) is 11.8 Å². The largest absolute Gasteiger partial charge is 0.460 e. The van der Waals surface area contributed by atoms with E-state index in [1.807, 2.05) is 0 Å². The summed E-state index contributed by atoms with van der Waals surface area (Å²) < 4.78 is 10.0. The normalized spacial score (nSPS) is 19.1. The molecule has 0 radical (unpaired) electrons. The second-order valence-electron chi connectivity index (χ2n) is 2.95. The number of esters is 1. The molecule has 0 aromatic rings. The topological polar surface area (TPSA) is 40.0 Å². The van der Waals surface area contributed by atoms with Crippen LogP contribution in [-0.4, -0.2) is 45.4 Å². The van der Waals surface area contributed by atoms with Crippen molar-refractivity contribution < 1.29 is 19.2 Å². The lowest BCUT2D eigenvalue weighted by atomic mass is 10.4. The van der Waals surface area contributed by atoms with Crippen LogP contribution in [0.1, 0.15) is 6.92 Å². The first kappa shape index (κ1) is 9.48. The van der Waals surface area contributed by atoms with E-state index < -0.39 is 0 Å². The number of rotatable bonds is 3. The molecular weight excluding hydrogens is 158 g/mol. The standard InChI is InChI=1S/C8H15NO3/c1-8(10)12-7-4-9-2-5-11-6-3-9/h2-7H2,1H3/p+1. The van der Waals surface area contributed by atoms with Crippen LogP contribution in [0.2, 0.25) is 0 Å². The van der Waals surface area contributed by atoms with E-state index in [2.05, 4.69) is 0 Å². The molecule has 0 atom stereocenters. The second kappa shape index (κ2) is 5.11. The maximum Gasteiger partial charge on any atom is 0.302 e. The average Bonchev–Trinajstić information content (AvgIpc) is 2.05. The molecule has 0 aliphatic carbocycles. The minimum absolute atomic E-state index is 0.192. The number of carbonyl (C=O) groups is 1. The van der Waals surface area contributed by atoms with Gasteiger partial charge in [-0.3, -0.25) is 4.79 Å². The summed E-state index contributed by atoms with van der Waals surface area (Å²) in [6.45, 7) is 6.59. The molecule has 0 unspecified atom stereocenters. The first-order valence-corrected chi connectivity index (χ1v) is 4.33. The molecule has 70 valence electrons. The fourth-order valence-electron chi connectivity index (χ4n) is 1.25. The van der Waals surface area contributed by atoms with Gasteiger partial charge in [-0.1, -0.05) is 0 Å². The van der Waals surface area contributed by atoms with Crippen molar-refractivity contribution in [1.29, 1.82) is 0 Å². The third-order valence-corrected chi connectivity index (χ3v) is 1.96. The maximum absolute atomic E-state index is 10.4. The van der Waals surface area contributed by atoms with Gasteiger partial charge >= 0.3 is 5.97 Å². The highest BCUT2D eigenvalue weighted by Crippen LogP contribution is 1.76. The van der Waals surface area contributed by atoms with Crippen LogP contribution in [0.4, 0.5) is 0 Å². The molecule has 1 fully saturated rings. The third-order valence-electron chi connectivity index (χ3n) is 1.96. The summed E-state index contributed by atoms with van der Waals surface area (Å²) in [6, 6.07) is 0. The van der Waals surface area contributed by atoms with Crippen LogP contribution >= 0.6 is 0 Å². The van der Waals surface area contributed by atoms with E-state index >= 15 is 0 Å². The molecule has 0 spiro atoms. The Kier molecular flexibility index (Phi) is 4.04. The lowest BCUT2D eigenvalue weighted by molar-refractivity contribution is -0.908. The van der Waals surface area contributed by atoms with Crippen LogP contribution in [0.15, 0.2) is 0 Å². The molecule has 1 rings (SSSR count). The molecule has 1 saturated heterocycles. The van der Waals surface area contributed by atoms with Gasteiger partial charge < -0.3 is 14.4 Å². The van der Waals surface area contributed by atoms with Crippen molar-refractivity contribution in [3.8, 4) is 0 Å². The van der Waals surface area contributed by atoms with E-state index in [-0.39, 0.29) is 5.97 Å². The van der Waals surface area contributed by atoms with Crippen LogP contribution in [0.25, 0.3) is 0 Å². The van der Waals surface area contributed by atoms with Crippen LogP contribution < -0.4 is 4.90 Å². The number of carbonyl (C=O) groups excluding carboxylic acids is 1. The SMILES string of the molecule is CC(=O)OCC[NH+]1CCOCC1. The molecule has 0 aromatic carbocycles. The summed E-state index contributed by atoms with van der Waals surface area (Å²) >= 11 is 0. The molecule has 1 aliphatic heterocycles. The Balaban J connectivity index is 2.01. The number of nitrogens with one attached hydrogen (secondary N) is 1.